The van der Waals surface area contributed by atoms with Gasteiger partial charge < -0.3 is 19.5 Å². The minimum absolute atomic E-state index is 0.667. The van der Waals surface area contributed by atoms with Crippen molar-refractivity contribution in [3.63, 3.8) is 0 Å². The van der Waals surface area contributed by atoms with Gasteiger partial charge in [0.05, 0.1) is 32.4 Å². The Bertz CT molecular complexity index is 627. The van der Waals surface area contributed by atoms with Crippen molar-refractivity contribution in [3.05, 3.63) is 53.4 Å². The van der Waals surface area contributed by atoms with Gasteiger partial charge in [-0.3, -0.25) is 0 Å². The van der Waals surface area contributed by atoms with Crippen LogP contribution >= 0.6 is 23.8 Å². The Balaban J connectivity index is 1.97. The van der Waals surface area contributed by atoms with Crippen molar-refractivity contribution in [2.45, 2.75) is 26.8 Å². The number of anilines is 1. The summed E-state index contributed by atoms with van der Waals surface area (Å²) in [5.41, 5.74) is 0.938. The van der Waals surface area contributed by atoms with Gasteiger partial charge in [-0.15, -0.1) is 0 Å². The van der Waals surface area contributed by atoms with E-state index in [0.717, 1.165) is 44.0 Å². The highest BCUT2D eigenvalue weighted by molar-refractivity contribution is 7.80. The van der Waals surface area contributed by atoms with E-state index >= 15 is 0 Å². The van der Waals surface area contributed by atoms with Crippen LogP contribution in [0.15, 0.2) is 47.1 Å². The predicted octanol–water partition coefficient (Wildman–Crippen LogP) is 3.45. The average Bonchev–Trinajstić information content (AvgIpc) is 3.13. The second kappa shape index (κ2) is 10.4. The van der Waals surface area contributed by atoms with Crippen LogP contribution in [-0.2, 0) is 6.54 Å². The third-order valence-electron chi connectivity index (χ3n) is 4.27. The predicted molar refractivity (Wildman–Crippen MR) is 108 cm³/mol. The third kappa shape index (κ3) is 6.69. The summed E-state index contributed by atoms with van der Waals surface area (Å²) in [6, 6.07) is 11.5. The van der Waals surface area contributed by atoms with Gasteiger partial charge in [-0.2, -0.15) is 0 Å². The SMILES string of the molecule is CC[NH+](CC)CCCN(Cc1ccco1)C(=S)Nc1ccc(Cl)cc1. The topological polar surface area (TPSA) is 32.9 Å². The maximum atomic E-state index is 5.95. The summed E-state index contributed by atoms with van der Waals surface area (Å²) in [7, 11) is 0. The molecule has 1 aromatic heterocycles. The zero-order valence-electron chi connectivity index (χ0n) is 14.9. The van der Waals surface area contributed by atoms with E-state index in [0.29, 0.717) is 16.7 Å². The zero-order valence-corrected chi connectivity index (χ0v) is 16.5. The van der Waals surface area contributed by atoms with E-state index < -0.39 is 0 Å². The number of hydrogen-bond donors (Lipinski definition) is 2. The minimum atomic E-state index is 0.667. The first-order valence-corrected chi connectivity index (χ1v) is 9.58. The summed E-state index contributed by atoms with van der Waals surface area (Å²) in [4.78, 5) is 3.76. The fourth-order valence-electron chi connectivity index (χ4n) is 2.70. The van der Waals surface area contributed by atoms with Crippen LogP contribution in [0.1, 0.15) is 26.0 Å². The Hall–Kier alpha value is -1.56. The van der Waals surface area contributed by atoms with Crippen molar-refractivity contribution in [2.24, 2.45) is 0 Å². The molecule has 0 saturated heterocycles. The number of nitrogens with one attached hydrogen (secondary N) is 2. The largest absolute Gasteiger partial charge is 0.467 e. The van der Waals surface area contributed by atoms with Crippen molar-refractivity contribution < 1.29 is 9.32 Å². The lowest BCUT2D eigenvalue weighted by Gasteiger charge is -2.26. The van der Waals surface area contributed by atoms with Gasteiger partial charge in [0.15, 0.2) is 5.11 Å². The molecule has 1 aromatic carbocycles. The molecule has 0 amide bonds. The van der Waals surface area contributed by atoms with E-state index in [1.165, 1.54) is 0 Å². The van der Waals surface area contributed by atoms with Gasteiger partial charge in [0.1, 0.15) is 5.76 Å². The lowest BCUT2D eigenvalue weighted by molar-refractivity contribution is -0.896. The van der Waals surface area contributed by atoms with Crippen LogP contribution in [0.25, 0.3) is 0 Å². The molecule has 0 aliphatic heterocycles. The summed E-state index contributed by atoms with van der Waals surface area (Å²) < 4.78 is 5.50. The van der Waals surface area contributed by atoms with E-state index in [2.05, 4.69) is 24.1 Å². The van der Waals surface area contributed by atoms with Gasteiger partial charge in [0, 0.05) is 23.7 Å². The Morgan fingerprint density at radius 1 is 1.20 bits per heavy atom. The van der Waals surface area contributed by atoms with Crippen molar-refractivity contribution in [2.75, 3.05) is 31.5 Å². The van der Waals surface area contributed by atoms with Gasteiger partial charge in [0.25, 0.3) is 0 Å². The molecule has 25 heavy (non-hydrogen) atoms. The van der Waals surface area contributed by atoms with Crippen molar-refractivity contribution >= 4 is 34.6 Å². The fourth-order valence-corrected chi connectivity index (χ4v) is 3.10. The van der Waals surface area contributed by atoms with Crippen LogP contribution in [0.5, 0.6) is 0 Å². The molecule has 2 aromatic rings. The average molecular weight is 381 g/mol. The Morgan fingerprint density at radius 2 is 1.92 bits per heavy atom. The number of rotatable bonds is 9. The molecule has 0 radical (unpaired) electrons. The van der Waals surface area contributed by atoms with E-state index in [1.807, 2.05) is 36.4 Å². The van der Waals surface area contributed by atoms with Gasteiger partial charge in [-0.1, -0.05) is 11.6 Å². The van der Waals surface area contributed by atoms with Crippen LogP contribution in [-0.4, -0.2) is 36.2 Å². The lowest BCUT2D eigenvalue weighted by Crippen LogP contribution is -3.11. The maximum absolute atomic E-state index is 5.95. The van der Waals surface area contributed by atoms with Gasteiger partial charge >= 0.3 is 0 Å². The van der Waals surface area contributed by atoms with Gasteiger partial charge in [0.2, 0.25) is 0 Å². The standard InChI is InChI=1S/C19H26ClN3OS/c1-3-22(4-2)12-6-13-23(15-18-7-5-14-24-18)19(25)21-17-10-8-16(20)9-11-17/h5,7-11,14H,3-4,6,12-13,15H2,1-2H3,(H,21,25)/p+1. The normalized spacial score (nSPS) is 10.9. The Morgan fingerprint density at radius 3 is 2.52 bits per heavy atom. The lowest BCUT2D eigenvalue weighted by atomic mass is 10.3. The van der Waals surface area contributed by atoms with Crippen LogP contribution < -0.4 is 10.2 Å². The fraction of sp³-hybridized carbons (Fsp3) is 0.421. The first-order chi connectivity index (χ1) is 12.1. The molecule has 1 heterocycles. The van der Waals surface area contributed by atoms with Gasteiger partial charge in [-0.05, 0) is 62.5 Å². The summed E-state index contributed by atoms with van der Waals surface area (Å²) >= 11 is 11.6. The molecule has 4 nitrogen and oxygen atoms in total. The molecule has 0 fully saturated rings. The second-order valence-electron chi connectivity index (χ2n) is 6.00. The van der Waals surface area contributed by atoms with Crippen molar-refractivity contribution in [1.82, 2.24) is 4.90 Å². The second-order valence-corrected chi connectivity index (χ2v) is 6.82. The van der Waals surface area contributed by atoms with E-state index in [-0.39, 0.29) is 0 Å². The van der Waals surface area contributed by atoms with E-state index in [4.69, 9.17) is 28.2 Å². The molecule has 0 saturated carbocycles. The maximum Gasteiger partial charge on any atom is 0.173 e. The van der Waals surface area contributed by atoms with Crippen LogP contribution in [0, 0.1) is 0 Å². The number of benzene rings is 1. The minimum Gasteiger partial charge on any atom is -0.467 e. The molecule has 136 valence electrons. The number of thiocarbonyl (C=S) groups is 1. The summed E-state index contributed by atoms with van der Waals surface area (Å²) in [6.07, 6.45) is 2.78. The zero-order chi connectivity index (χ0) is 18.1. The third-order valence-corrected chi connectivity index (χ3v) is 4.88. The molecular weight excluding hydrogens is 354 g/mol. The number of hydrogen-bond acceptors (Lipinski definition) is 2. The smallest absolute Gasteiger partial charge is 0.173 e. The molecule has 2 rings (SSSR count). The molecule has 2 N–H and O–H groups in total. The number of nitrogens with zero attached hydrogens (tertiary/aromatic N) is 1. The molecule has 0 bridgehead atoms. The van der Waals surface area contributed by atoms with Crippen LogP contribution in [0.2, 0.25) is 5.02 Å². The highest BCUT2D eigenvalue weighted by Crippen LogP contribution is 2.15. The molecule has 6 heteroatoms. The number of furan rings is 1. The summed E-state index contributed by atoms with van der Waals surface area (Å²) in [5, 5.41) is 4.71. The Kier molecular flexibility index (Phi) is 8.25. The summed E-state index contributed by atoms with van der Waals surface area (Å²) in [5.74, 6) is 0.912. The first-order valence-electron chi connectivity index (χ1n) is 8.79. The number of halogens is 1. The van der Waals surface area contributed by atoms with Crippen molar-refractivity contribution in [3.8, 4) is 0 Å². The highest BCUT2D eigenvalue weighted by atomic mass is 35.5. The molecule has 0 atom stereocenters. The summed E-state index contributed by atoms with van der Waals surface area (Å²) in [6.45, 7) is 9.47. The highest BCUT2D eigenvalue weighted by Gasteiger charge is 2.13. The van der Waals surface area contributed by atoms with Gasteiger partial charge in [-0.25, -0.2) is 0 Å². The molecular formula is C19H27ClN3OS+. The number of quaternary nitrogens is 1. The van der Waals surface area contributed by atoms with E-state index in [9.17, 15) is 0 Å². The quantitative estimate of drug-likeness (QED) is 0.653. The first kappa shape index (κ1) is 19.8. The molecule has 0 aliphatic rings. The van der Waals surface area contributed by atoms with Crippen LogP contribution in [0.3, 0.4) is 0 Å². The molecule has 0 unspecified atom stereocenters. The van der Waals surface area contributed by atoms with E-state index in [1.54, 1.807) is 11.2 Å². The Labute approximate surface area is 160 Å². The van der Waals surface area contributed by atoms with Crippen molar-refractivity contribution in [1.29, 1.82) is 0 Å². The monoisotopic (exact) mass is 380 g/mol. The molecule has 0 spiro atoms. The molecule has 0 aliphatic carbocycles. The van der Waals surface area contributed by atoms with Crippen LogP contribution in [0.4, 0.5) is 5.69 Å².